The van der Waals surface area contributed by atoms with E-state index >= 15 is 0 Å². The van der Waals surface area contributed by atoms with Crippen molar-refractivity contribution in [1.29, 1.82) is 0 Å². The van der Waals surface area contributed by atoms with Gasteiger partial charge in [-0.3, -0.25) is 0 Å². The average Bonchev–Trinajstić information content (AvgIpc) is 2.24. The Kier molecular flexibility index (Phi) is 8.53. The number of nitrogens with zero attached hydrogens (tertiary/aromatic N) is 1. The van der Waals surface area contributed by atoms with Crippen molar-refractivity contribution in [1.82, 2.24) is 4.90 Å². The van der Waals surface area contributed by atoms with Gasteiger partial charge in [-0.15, -0.1) is 0 Å². The van der Waals surface area contributed by atoms with Crippen molar-refractivity contribution in [2.24, 2.45) is 0 Å². The summed E-state index contributed by atoms with van der Waals surface area (Å²) < 4.78 is 0. The molecule has 1 aliphatic carbocycles. The molecule has 1 aliphatic rings. The molecule has 1 rings (SSSR count). The normalized spacial score (nSPS) is 18.2. The standard InChI is InChI=1S/C10H21N.C2H6/c1-3-11(4-2)10-8-6-5-7-9-10;1-2/h10H,3-9H2,1-2H3;1-2H3. The first-order valence-electron chi connectivity index (χ1n) is 6.12. The molecular weight excluding hydrogens is 158 g/mol. The molecular formula is C12H27N. The van der Waals surface area contributed by atoms with Gasteiger partial charge >= 0.3 is 0 Å². The molecule has 0 aromatic heterocycles. The van der Waals surface area contributed by atoms with Crippen molar-refractivity contribution in [3.63, 3.8) is 0 Å². The third kappa shape index (κ3) is 4.66. The van der Waals surface area contributed by atoms with Gasteiger partial charge in [-0.25, -0.2) is 0 Å². The lowest BCUT2D eigenvalue weighted by Gasteiger charge is -2.32. The summed E-state index contributed by atoms with van der Waals surface area (Å²) in [7, 11) is 0. The second-order valence-corrected chi connectivity index (χ2v) is 3.51. The predicted molar refractivity (Wildman–Crippen MR) is 61.1 cm³/mol. The van der Waals surface area contributed by atoms with E-state index in [1.807, 2.05) is 13.8 Å². The maximum atomic E-state index is 2.61. The fourth-order valence-electron chi connectivity index (χ4n) is 2.19. The predicted octanol–water partition coefficient (Wildman–Crippen LogP) is 3.69. The molecule has 0 atom stereocenters. The lowest BCUT2D eigenvalue weighted by molar-refractivity contribution is 0.172. The van der Waals surface area contributed by atoms with Crippen LogP contribution >= 0.6 is 0 Å². The van der Waals surface area contributed by atoms with E-state index in [9.17, 15) is 0 Å². The third-order valence-corrected chi connectivity index (χ3v) is 2.90. The Hall–Kier alpha value is -0.0400. The summed E-state index contributed by atoms with van der Waals surface area (Å²) in [4.78, 5) is 2.61. The van der Waals surface area contributed by atoms with Gasteiger partial charge in [-0.1, -0.05) is 47.0 Å². The topological polar surface area (TPSA) is 3.24 Å². The fraction of sp³-hybridized carbons (Fsp3) is 1.00. The smallest absolute Gasteiger partial charge is 0.00950 e. The van der Waals surface area contributed by atoms with Crippen LogP contribution in [0.4, 0.5) is 0 Å². The maximum absolute atomic E-state index is 2.61. The lowest BCUT2D eigenvalue weighted by atomic mass is 9.94. The van der Waals surface area contributed by atoms with Gasteiger partial charge in [0.2, 0.25) is 0 Å². The Labute approximate surface area is 84.5 Å². The molecule has 13 heavy (non-hydrogen) atoms. The average molecular weight is 185 g/mol. The number of hydrogen-bond acceptors (Lipinski definition) is 1. The lowest BCUT2D eigenvalue weighted by Crippen LogP contribution is -2.36. The quantitative estimate of drug-likeness (QED) is 0.648. The van der Waals surface area contributed by atoms with Gasteiger partial charge in [0.25, 0.3) is 0 Å². The molecule has 1 heteroatoms. The number of hydrogen-bond donors (Lipinski definition) is 0. The second kappa shape index (κ2) is 8.55. The minimum Gasteiger partial charge on any atom is -0.301 e. The highest BCUT2D eigenvalue weighted by Gasteiger charge is 2.17. The van der Waals surface area contributed by atoms with Gasteiger partial charge in [0.15, 0.2) is 0 Å². The summed E-state index contributed by atoms with van der Waals surface area (Å²) in [5.74, 6) is 0. The Morgan fingerprint density at radius 2 is 1.38 bits per heavy atom. The monoisotopic (exact) mass is 185 g/mol. The van der Waals surface area contributed by atoms with Crippen LogP contribution in [0.1, 0.15) is 59.8 Å². The highest BCUT2D eigenvalue weighted by molar-refractivity contribution is 4.73. The van der Waals surface area contributed by atoms with Crippen molar-refractivity contribution in [2.75, 3.05) is 13.1 Å². The van der Waals surface area contributed by atoms with Gasteiger partial charge in [-0.05, 0) is 25.9 Å². The molecule has 80 valence electrons. The molecule has 0 heterocycles. The van der Waals surface area contributed by atoms with Crippen LogP contribution in [0.3, 0.4) is 0 Å². The van der Waals surface area contributed by atoms with Crippen LogP contribution in [0.25, 0.3) is 0 Å². The molecule has 0 bridgehead atoms. The van der Waals surface area contributed by atoms with E-state index in [0.717, 1.165) is 6.04 Å². The fourth-order valence-corrected chi connectivity index (χ4v) is 2.19. The summed E-state index contributed by atoms with van der Waals surface area (Å²) >= 11 is 0. The van der Waals surface area contributed by atoms with E-state index < -0.39 is 0 Å². The Morgan fingerprint density at radius 1 is 0.923 bits per heavy atom. The van der Waals surface area contributed by atoms with Gasteiger partial charge in [-0.2, -0.15) is 0 Å². The van der Waals surface area contributed by atoms with Crippen molar-refractivity contribution in [3.8, 4) is 0 Å². The van der Waals surface area contributed by atoms with Crippen LogP contribution in [0, 0.1) is 0 Å². The zero-order valence-corrected chi connectivity index (χ0v) is 9.97. The second-order valence-electron chi connectivity index (χ2n) is 3.51. The van der Waals surface area contributed by atoms with Gasteiger partial charge in [0.1, 0.15) is 0 Å². The summed E-state index contributed by atoms with van der Waals surface area (Å²) in [5, 5.41) is 0. The van der Waals surface area contributed by atoms with E-state index in [1.54, 1.807) is 0 Å². The minimum absolute atomic E-state index is 0.916. The van der Waals surface area contributed by atoms with Crippen LogP contribution in [-0.2, 0) is 0 Å². The molecule has 0 unspecified atom stereocenters. The van der Waals surface area contributed by atoms with E-state index in [1.165, 1.54) is 45.2 Å². The third-order valence-electron chi connectivity index (χ3n) is 2.90. The van der Waals surface area contributed by atoms with E-state index in [4.69, 9.17) is 0 Å². The zero-order chi connectivity index (χ0) is 10.1. The van der Waals surface area contributed by atoms with E-state index in [2.05, 4.69) is 18.7 Å². The molecule has 0 N–H and O–H groups in total. The molecule has 0 radical (unpaired) electrons. The molecule has 0 aliphatic heterocycles. The van der Waals surface area contributed by atoms with Crippen LogP contribution in [-0.4, -0.2) is 24.0 Å². The zero-order valence-electron chi connectivity index (χ0n) is 9.97. The highest BCUT2D eigenvalue weighted by Crippen LogP contribution is 2.21. The number of rotatable bonds is 3. The molecule has 0 saturated heterocycles. The first kappa shape index (κ1) is 13.0. The van der Waals surface area contributed by atoms with E-state index in [-0.39, 0.29) is 0 Å². The molecule has 0 aromatic carbocycles. The molecule has 1 saturated carbocycles. The van der Waals surface area contributed by atoms with Crippen LogP contribution in [0.15, 0.2) is 0 Å². The van der Waals surface area contributed by atoms with Crippen LogP contribution in [0.2, 0.25) is 0 Å². The highest BCUT2D eigenvalue weighted by atomic mass is 15.1. The Balaban J connectivity index is 0.000000671. The van der Waals surface area contributed by atoms with Gasteiger partial charge in [0.05, 0.1) is 0 Å². The largest absolute Gasteiger partial charge is 0.301 e. The van der Waals surface area contributed by atoms with E-state index in [0.29, 0.717) is 0 Å². The minimum atomic E-state index is 0.916. The van der Waals surface area contributed by atoms with Crippen LogP contribution in [0.5, 0.6) is 0 Å². The first-order valence-corrected chi connectivity index (χ1v) is 6.12. The molecule has 0 aromatic rings. The molecule has 0 spiro atoms. The van der Waals surface area contributed by atoms with Crippen LogP contribution < -0.4 is 0 Å². The van der Waals surface area contributed by atoms with Crippen molar-refractivity contribution in [2.45, 2.75) is 65.8 Å². The van der Waals surface area contributed by atoms with Gasteiger partial charge < -0.3 is 4.90 Å². The van der Waals surface area contributed by atoms with Crippen molar-refractivity contribution >= 4 is 0 Å². The molecule has 0 amide bonds. The van der Waals surface area contributed by atoms with Gasteiger partial charge in [0, 0.05) is 6.04 Å². The molecule has 1 fully saturated rings. The summed E-state index contributed by atoms with van der Waals surface area (Å²) in [5.41, 5.74) is 0. The SMILES string of the molecule is CC.CCN(CC)C1CCCCC1. The van der Waals surface area contributed by atoms with Crippen molar-refractivity contribution < 1.29 is 0 Å². The Bertz CT molecular complexity index is 91.3. The maximum Gasteiger partial charge on any atom is 0.00950 e. The van der Waals surface area contributed by atoms with Crippen molar-refractivity contribution in [3.05, 3.63) is 0 Å². The molecule has 1 nitrogen and oxygen atoms in total. The Morgan fingerprint density at radius 3 is 1.77 bits per heavy atom. The summed E-state index contributed by atoms with van der Waals surface area (Å²) in [6.07, 6.45) is 7.28. The first-order chi connectivity index (χ1) is 6.38. The summed E-state index contributed by atoms with van der Waals surface area (Å²) in [6, 6.07) is 0.916. The summed E-state index contributed by atoms with van der Waals surface area (Å²) in [6.45, 7) is 11.0.